The predicted molar refractivity (Wildman–Crippen MR) is 90.3 cm³/mol. The Balaban J connectivity index is 1.92. The van der Waals surface area contributed by atoms with Gasteiger partial charge in [-0.2, -0.15) is 0 Å². The largest absolute Gasteiger partial charge is 0.207 e. The Morgan fingerprint density at radius 2 is 1.32 bits per heavy atom. The first-order valence-electron chi connectivity index (χ1n) is 7.93. The molecule has 0 fully saturated rings. The molecule has 25 heavy (non-hydrogen) atoms. The van der Waals surface area contributed by atoms with Gasteiger partial charge in [0, 0.05) is 6.07 Å². The first-order valence-corrected chi connectivity index (χ1v) is 7.93. The highest BCUT2D eigenvalue weighted by molar-refractivity contribution is 5.65. The quantitative estimate of drug-likeness (QED) is 0.490. The zero-order valence-electron chi connectivity index (χ0n) is 13.6. The summed E-state index contributed by atoms with van der Waals surface area (Å²) in [7, 11) is 0. The van der Waals surface area contributed by atoms with E-state index >= 15 is 0 Å². The normalized spacial score (nSPS) is 12.2. The Bertz CT molecular complexity index is 844. The molecular weight excluding hydrogens is 328 g/mol. The highest BCUT2D eigenvalue weighted by Crippen LogP contribution is 2.30. The molecule has 3 aromatic carbocycles. The zero-order valence-corrected chi connectivity index (χ0v) is 13.6. The molecule has 0 radical (unpaired) electrons. The second kappa shape index (κ2) is 7.09. The summed E-state index contributed by atoms with van der Waals surface area (Å²) in [4.78, 5) is 0. The highest BCUT2D eigenvalue weighted by atomic mass is 19.1. The number of rotatable bonds is 4. The van der Waals surface area contributed by atoms with Crippen molar-refractivity contribution in [1.82, 2.24) is 0 Å². The standard InChI is InChI=1S/C21H16F4/c1-13(15-5-3-2-4-6-15)7-14-8-19(24)21(20(25)9-14)16-10-17(22)12-18(23)11-16/h2-6,8-13H,7H2,1H3/t13-/m1/s1. The van der Waals surface area contributed by atoms with Crippen molar-refractivity contribution in [2.24, 2.45) is 0 Å². The van der Waals surface area contributed by atoms with Crippen LogP contribution in [0.3, 0.4) is 0 Å². The maximum Gasteiger partial charge on any atom is 0.134 e. The van der Waals surface area contributed by atoms with E-state index in [2.05, 4.69) is 0 Å². The highest BCUT2D eigenvalue weighted by Gasteiger charge is 2.16. The molecule has 0 heterocycles. The molecule has 0 aliphatic heterocycles. The van der Waals surface area contributed by atoms with Crippen LogP contribution in [0.2, 0.25) is 0 Å². The maximum atomic E-state index is 14.4. The molecular formula is C21H16F4. The summed E-state index contributed by atoms with van der Waals surface area (Å²) in [5, 5.41) is 0. The molecule has 3 rings (SSSR count). The smallest absolute Gasteiger partial charge is 0.134 e. The minimum absolute atomic E-state index is 0.0810. The molecule has 3 aromatic rings. The van der Waals surface area contributed by atoms with Crippen LogP contribution in [0, 0.1) is 23.3 Å². The molecule has 0 aromatic heterocycles. The van der Waals surface area contributed by atoms with Gasteiger partial charge in [-0.05, 0) is 53.3 Å². The van der Waals surface area contributed by atoms with Gasteiger partial charge in [-0.15, -0.1) is 0 Å². The van der Waals surface area contributed by atoms with E-state index in [1.807, 2.05) is 37.3 Å². The van der Waals surface area contributed by atoms with Crippen molar-refractivity contribution in [1.29, 1.82) is 0 Å². The predicted octanol–water partition coefficient (Wildman–Crippen LogP) is 6.26. The van der Waals surface area contributed by atoms with E-state index in [4.69, 9.17) is 0 Å². The number of hydrogen-bond donors (Lipinski definition) is 0. The summed E-state index contributed by atoms with van der Waals surface area (Å²) in [5.74, 6) is -3.34. The molecule has 1 atom stereocenters. The summed E-state index contributed by atoms with van der Waals surface area (Å²) < 4.78 is 55.5. The molecule has 0 aliphatic carbocycles. The summed E-state index contributed by atoms with van der Waals surface area (Å²) in [6.45, 7) is 1.97. The Morgan fingerprint density at radius 3 is 1.88 bits per heavy atom. The molecule has 0 nitrogen and oxygen atoms in total. The third kappa shape index (κ3) is 3.90. The molecule has 0 spiro atoms. The van der Waals surface area contributed by atoms with Crippen LogP contribution in [-0.2, 0) is 6.42 Å². The summed E-state index contributed by atoms with van der Waals surface area (Å²) in [6, 6.07) is 14.6. The van der Waals surface area contributed by atoms with Gasteiger partial charge in [0.25, 0.3) is 0 Å². The zero-order chi connectivity index (χ0) is 18.0. The van der Waals surface area contributed by atoms with Crippen LogP contribution < -0.4 is 0 Å². The first-order chi connectivity index (χ1) is 11.9. The lowest BCUT2D eigenvalue weighted by atomic mass is 9.92. The third-order valence-electron chi connectivity index (χ3n) is 4.16. The molecule has 4 heteroatoms. The van der Waals surface area contributed by atoms with Crippen molar-refractivity contribution >= 4 is 0 Å². The Hall–Kier alpha value is -2.62. The fourth-order valence-corrected chi connectivity index (χ4v) is 2.97. The van der Waals surface area contributed by atoms with Gasteiger partial charge in [-0.1, -0.05) is 37.3 Å². The van der Waals surface area contributed by atoms with E-state index in [1.54, 1.807) is 0 Å². The SMILES string of the molecule is C[C@H](Cc1cc(F)c(-c2cc(F)cc(F)c2)c(F)c1)c1ccccc1. The van der Waals surface area contributed by atoms with E-state index in [-0.39, 0.29) is 11.5 Å². The van der Waals surface area contributed by atoms with Crippen molar-refractivity contribution in [3.05, 3.63) is 95.1 Å². The molecule has 0 aliphatic rings. The van der Waals surface area contributed by atoms with Crippen molar-refractivity contribution in [3.63, 3.8) is 0 Å². The average molecular weight is 344 g/mol. The monoisotopic (exact) mass is 344 g/mol. The van der Waals surface area contributed by atoms with Gasteiger partial charge >= 0.3 is 0 Å². The fourth-order valence-electron chi connectivity index (χ4n) is 2.97. The third-order valence-corrected chi connectivity index (χ3v) is 4.16. The summed E-state index contributed by atoms with van der Waals surface area (Å²) in [5.41, 5.74) is 0.983. The summed E-state index contributed by atoms with van der Waals surface area (Å²) in [6.07, 6.45) is 0.454. The van der Waals surface area contributed by atoms with Gasteiger partial charge in [-0.25, -0.2) is 17.6 Å². The van der Waals surface area contributed by atoms with Crippen LogP contribution in [0.4, 0.5) is 17.6 Å². The van der Waals surface area contributed by atoms with Crippen molar-refractivity contribution in [3.8, 4) is 11.1 Å². The molecule has 0 saturated heterocycles. The van der Waals surface area contributed by atoms with Crippen LogP contribution in [0.5, 0.6) is 0 Å². The number of hydrogen-bond acceptors (Lipinski definition) is 0. The topological polar surface area (TPSA) is 0 Å². The van der Waals surface area contributed by atoms with Crippen LogP contribution >= 0.6 is 0 Å². The molecule has 128 valence electrons. The Morgan fingerprint density at radius 1 is 0.760 bits per heavy atom. The van der Waals surface area contributed by atoms with E-state index in [9.17, 15) is 17.6 Å². The van der Waals surface area contributed by atoms with Gasteiger partial charge in [0.05, 0.1) is 5.56 Å². The van der Waals surface area contributed by atoms with Crippen LogP contribution in [0.1, 0.15) is 24.0 Å². The van der Waals surface area contributed by atoms with Gasteiger partial charge < -0.3 is 0 Å². The molecule has 0 bridgehead atoms. The van der Waals surface area contributed by atoms with Gasteiger partial charge in [0.15, 0.2) is 0 Å². The van der Waals surface area contributed by atoms with E-state index in [0.29, 0.717) is 18.1 Å². The molecule has 0 unspecified atom stereocenters. The number of halogens is 4. The van der Waals surface area contributed by atoms with Crippen molar-refractivity contribution < 1.29 is 17.6 Å². The maximum absolute atomic E-state index is 14.4. The molecule has 0 N–H and O–H groups in total. The van der Waals surface area contributed by atoms with Crippen molar-refractivity contribution in [2.45, 2.75) is 19.3 Å². The molecule has 0 saturated carbocycles. The second-order valence-electron chi connectivity index (χ2n) is 6.11. The lowest BCUT2D eigenvalue weighted by Gasteiger charge is -2.14. The minimum Gasteiger partial charge on any atom is -0.207 e. The van der Waals surface area contributed by atoms with Gasteiger partial charge in [-0.3, -0.25) is 0 Å². The van der Waals surface area contributed by atoms with Crippen LogP contribution in [-0.4, -0.2) is 0 Å². The van der Waals surface area contributed by atoms with E-state index < -0.39 is 28.8 Å². The molecule has 0 amide bonds. The fraction of sp³-hybridized carbons (Fsp3) is 0.143. The van der Waals surface area contributed by atoms with Crippen molar-refractivity contribution in [2.75, 3.05) is 0 Å². The first kappa shape index (κ1) is 17.2. The second-order valence-corrected chi connectivity index (χ2v) is 6.11. The van der Waals surface area contributed by atoms with Gasteiger partial charge in [0.1, 0.15) is 23.3 Å². The lowest BCUT2D eigenvalue weighted by molar-refractivity contribution is 0.575. The van der Waals surface area contributed by atoms with E-state index in [1.165, 1.54) is 12.1 Å². The Labute approximate surface area is 143 Å². The van der Waals surface area contributed by atoms with E-state index in [0.717, 1.165) is 17.7 Å². The average Bonchev–Trinajstić information content (AvgIpc) is 2.54. The number of benzene rings is 3. The van der Waals surface area contributed by atoms with Gasteiger partial charge in [0.2, 0.25) is 0 Å². The van der Waals surface area contributed by atoms with Crippen LogP contribution in [0.15, 0.2) is 60.7 Å². The minimum atomic E-state index is -0.879. The lowest BCUT2D eigenvalue weighted by Crippen LogP contribution is -2.01. The Kier molecular flexibility index (Phi) is 4.88. The van der Waals surface area contributed by atoms with Crippen LogP contribution in [0.25, 0.3) is 11.1 Å². The summed E-state index contributed by atoms with van der Waals surface area (Å²) >= 11 is 0.